The second kappa shape index (κ2) is 9.10. The Hall–Kier alpha value is -3.22. The van der Waals surface area contributed by atoms with Crippen LogP contribution in [0.5, 0.6) is 5.75 Å². The number of hydrogen-bond acceptors (Lipinski definition) is 4. The Morgan fingerprint density at radius 3 is 2.16 bits per heavy atom. The number of rotatable bonds is 5. The van der Waals surface area contributed by atoms with Gasteiger partial charge in [-0.3, -0.25) is 0 Å². The molecule has 0 spiro atoms. The minimum Gasteiger partial charge on any atom is -0.497 e. The van der Waals surface area contributed by atoms with Gasteiger partial charge in [-0.25, -0.2) is 9.79 Å². The largest absolute Gasteiger partial charge is 0.497 e. The molecule has 4 aromatic rings. The SMILES string of the molecule is COC(=O)c1ccc(Cn2c(=Nc3ccc(OC)cc3)n(C)c3cc(Cl)c(Cl)cc32)cc1. The van der Waals surface area contributed by atoms with Crippen LogP contribution in [-0.4, -0.2) is 29.3 Å². The van der Waals surface area contributed by atoms with E-state index in [0.29, 0.717) is 22.2 Å². The van der Waals surface area contributed by atoms with Crippen molar-refractivity contribution in [2.45, 2.75) is 6.54 Å². The van der Waals surface area contributed by atoms with Crippen molar-refractivity contribution in [2.24, 2.45) is 12.0 Å². The molecule has 0 bridgehead atoms. The Kier molecular flexibility index (Phi) is 6.26. The first-order valence-electron chi connectivity index (χ1n) is 9.81. The topological polar surface area (TPSA) is 57.8 Å². The van der Waals surface area contributed by atoms with Crippen molar-refractivity contribution >= 4 is 45.9 Å². The molecule has 164 valence electrons. The smallest absolute Gasteiger partial charge is 0.337 e. The van der Waals surface area contributed by atoms with Crippen molar-refractivity contribution in [1.29, 1.82) is 0 Å². The normalized spacial score (nSPS) is 11.7. The van der Waals surface area contributed by atoms with Gasteiger partial charge in [0, 0.05) is 7.05 Å². The highest BCUT2D eigenvalue weighted by molar-refractivity contribution is 6.42. The molecule has 0 radical (unpaired) electrons. The number of benzene rings is 3. The number of methoxy groups -OCH3 is 2. The summed E-state index contributed by atoms with van der Waals surface area (Å²) < 4.78 is 14.1. The van der Waals surface area contributed by atoms with Gasteiger partial charge < -0.3 is 18.6 Å². The third kappa shape index (κ3) is 4.24. The summed E-state index contributed by atoms with van der Waals surface area (Å²) in [4.78, 5) is 16.6. The monoisotopic (exact) mass is 469 g/mol. The van der Waals surface area contributed by atoms with Gasteiger partial charge in [-0.2, -0.15) is 0 Å². The van der Waals surface area contributed by atoms with E-state index < -0.39 is 0 Å². The van der Waals surface area contributed by atoms with Crippen LogP contribution in [0.15, 0.2) is 65.7 Å². The Balaban J connectivity index is 1.87. The van der Waals surface area contributed by atoms with Crippen molar-refractivity contribution in [3.8, 4) is 5.75 Å². The van der Waals surface area contributed by atoms with E-state index >= 15 is 0 Å². The average Bonchev–Trinajstić information content (AvgIpc) is 3.05. The molecule has 6 nitrogen and oxygen atoms in total. The lowest BCUT2D eigenvalue weighted by Gasteiger charge is -2.07. The fraction of sp³-hybridized carbons (Fsp3) is 0.167. The number of hydrogen-bond donors (Lipinski definition) is 0. The van der Waals surface area contributed by atoms with Gasteiger partial charge in [0.15, 0.2) is 0 Å². The molecule has 0 saturated carbocycles. The first-order chi connectivity index (χ1) is 15.4. The second-order valence-electron chi connectivity index (χ2n) is 7.20. The summed E-state index contributed by atoms with van der Waals surface area (Å²) in [5.74, 6) is 0.393. The maximum Gasteiger partial charge on any atom is 0.337 e. The Morgan fingerprint density at radius 1 is 0.938 bits per heavy atom. The van der Waals surface area contributed by atoms with Crippen molar-refractivity contribution < 1.29 is 14.3 Å². The van der Waals surface area contributed by atoms with Gasteiger partial charge in [-0.05, 0) is 54.1 Å². The summed E-state index contributed by atoms with van der Waals surface area (Å²) in [5, 5.41) is 0.945. The van der Waals surface area contributed by atoms with Crippen LogP contribution in [0.4, 0.5) is 5.69 Å². The van der Waals surface area contributed by atoms with Crippen LogP contribution in [0, 0.1) is 0 Å². The van der Waals surface area contributed by atoms with Crippen molar-refractivity contribution in [1.82, 2.24) is 9.13 Å². The highest BCUT2D eigenvalue weighted by Crippen LogP contribution is 2.28. The highest BCUT2D eigenvalue weighted by Gasteiger charge is 2.14. The third-order valence-electron chi connectivity index (χ3n) is 5.23. The molecule has 1 aromatic heterocycles. The van der Waals surface area contributed by atoms with Gasteiger partial charge >= 0.3 is 5.97 Å². The molecule has 0 saturated heterocycles. The Morgan fingerprint density at radius 2 is 1.56 bits per heavy atom. The van der Waals surface area contributed by atoms with Crippen LogP contribution in [-0.2, 0) is 18.3 Å². The minimum atomic E-state index is -0.369. The van der Waals surface area contributed by atoms with E-state index in [4.69, 9.17) is 37.7 Å². The van der Waals surface area contributed by atoms with Gasteiger partial charge in [0.05, 0.1) is 53.1 Å². The average molecular weight is 470 g/mol. The number of halogens is 2. The lowest BCUT2D eigenvalue weighted by molar-refractivity contribution is 0.0600. The molecule has 0 aliphatic heterocycles. The lowest BCUT2D eigenvalue weighted by Crippen LogP contribution is -2.24. The predicted octanol–water partition coefficient (Wildman–Crippen LogP) is 5.36. The summed E-state index contributed by atoms with van der Waals surface area (Å²) >= 11 is 12.6. The van der Waals surface area contributed by atoms with Crippen LogP contribution < -0.4 is 10.4 Å². The quantitative estimate of drug-likeness (QED) is 0.369. The van der Waals surface area contributed by atoms with E-state index in [1.807, 2.05) is 60.1 Å². The van der Waals surface area contributed by atoms with Gasteiger partial charge in [0.1, 0.15) is 5.75 Å². The summed E-state index contributed by atoms with van der Waals surface area (Å²) in [7, 11) is 4.93. The molecule has 0 fully saturated rings. The highest BCUT2D eigenvalue weighted by atomic mass is 35.5. The van der Waals surface area contributed by atoms with Crippen LogP contribution in [0.2, 0.25) is 10.0 Å². The molecular formula is C24H21Cl2N3O3. The number of esters is 1. The molecule has 1 heterocycles. The second-order valence-corrected chi connectivity index (χ2v) is 8.01. The summed E-state index contributed by atoms with van der Waals surface area (Å²) in [5.41, 5.74) is 4.79. The fourth-order valence-corrected chi connectivity index (χ4v) is 3.83. The zero-order chi connectivity index (χ0) is 22.8. The van der Waals surface area contributed by atoms with E-state index in [1.165, 1.54) is 7.11 Å². The fourth-order valence-electron chi connectivity index (χ4n) is 3.52. The van der Waals surface area contributed by atoms with Gasteiger partial charge in [-0.1, -0.05) is 35.3 Å². The molecule has 0 N–H and O–H groups in total. The molecule has 4 rings (SSSR count). The lowest BCUT2D eigenvalue weighted by atomic mass is 10.1. The molecule has 0 aliphatic rings. The number of carbonyl (C=O) groups excluding carboxylic acids is 1. The summed E-state index contributed by atoms with van der Waals surface area (Å²) in [6.07, 6.45) is 0. The number of carbonyl (C=O) groups is 1. The summed E-state index contributed by atoms with van der Waals surface area (Å²) in [6, 6.07) is 18.5. The maximum absolute atomic E-state index is 11.8. The summed E-state index contributed by atoms with van der Waals surface area (Å²) in [6.45, 7) is 0.520. The van der Waals surface area contributed by atoms with E-state index in [9.17, 15) is 4.79 Å². The standard InChI is InChI=1S/C24H21Cl2N3O3/c1-28-21-12-19(25)20(26)13-22(21)29(14-15-4-6-16(7-5-15)23(30)32-3)24(28)27-17-8-10-18(31-2)11-9-17/h4-13H,14H2,1-3H3. The van der Waals surface area contributed by atoms with Crippen molar-refractivity contribution in [3.05, 3.63) is 87.5 Å². The van der Waals surface area contributed by atoms with Gasteiger partial charge in [0.2, 0.25) is 5.62 Å². The number of imidazole rings is 1. The van der Waals surface area contributed by atoms with E-state index in [0.717, 1.165) is 33.7 Å². The van der Waals surface area contributed by atoms with Gasteiger partial charge in [-0.15, -0.1) is 0 Å². The van der Waals surface area contributed by atoms with E-state index in [-0.39, 0.29) is 5.97 Å². The Bertz CT molecular complexity index is 1350. The molecule has 0 atom stereocenters. The molecule has 32 heavy (non-hydrogen) atoms. The maximum atomic E-state index is 11.8. The van der Waals surface area contributed by atoms with Crippen LogP contribution in [0.25, 0.3) is 11.0 Å². The van der Waals surface area contributed by atoms with E-state index in [2.05, 4.69) is 4.57 Å². The molecule has 8 heteroatoms. The molecule has 0 unspecified atom stereocenters. The molecule has 3 aromatic carbocycles. The molecular weight excluding hydrogens is 449 g/mol. The third-order valence-corrected chi connectivity index (χ3v) is 5.95. The zero-order valence-corrected chi connectivity index (χ0v) is 19.3. The Labute approximate surface area is 195 Å². The minimum absolute atomic E-state index is 0.369. The molecule has 0 aliphatic carbocycles. The zero-order valence-electron chi connectivity index (χ0n) is 17.8. The number of aryl methyl sites for hydroxylation is 1. The number of fused-ring (bicyclic) bond motifs is 1. The van der Waals surface area contributed by atoms with Crippen LogP contribution >= 0.6 is 23.2 Å². The number of ether oxygens (including phenoxy) is 2. The van der Waals surface area contributed by atoms with Crippen LogP contribution in [0.1, 0.15) is 15.9 Å². The number of nitrogens with zero attached hydrogens (tertiary/aromatic N) is 3. The van der Waals surface area contributed by atoms with Gasteiger partial charge in [0.25, 0.3) is 0 Å². The first-order valence-corrected chi connectivity index (χ1v) is 10.6. The predicted molar refractivity (Wildman–Crippen MR) is 126 cm³/mol. The molecule has 0 amide bonds. The number of aromatic nitrogens is 2. The first kappa shape index (κ1) is 22.0. The van der Waals surface area contributed by atoms with Crippen LogP contribution in [0.3, 0.4) is 0 Å². The van der Waals surface area contributed by atoms with Crippen molar-refractivity contribution in [2.75, 3.05) is 14.2 Å². The van der Waals surface area contributed by atoms with Crippen molar-refractivity contribution in [3.63, 3.8) is 0 Å². The van der Waals surface area contributed by atoms with E-state index in [1.54, 1.807) is 19.2 Å².